The Morgan fingerprint density at radius 1 is 1.33 bits per heavy atom. The van der Waals surface area contributed by atoms with Crippen molar-refractivity contribution in [3.63, 3.8) is 0 Å². The molecule has 0 aromatic heterocycles. The molecule has 2 aliphatic carbocycles. The predicted octanol–water partition coefficient (Wildman–Crippen LogP) is 2.65. The molecule has 2 aliphatic rings. The average Bonchev–Trinajstić information content (AvgIpc) is 2.74. The molecule has 0 fully saturated rings. The molecular formula is C11H9N. The Labute approximate surface area is 72.0 Å². The maximum absolute atomic E-state index is 8.79. The minimum atomic E-state index is 0.838. The Hall–Kier alpha value is -1.55. The standard InChI is InChI=1S/C11H9N/c12-8-10-6-3-7-11(10)9-4-1-2-5-9/h1-2,4,6-7H,3,5H2. The molecule has 2 rings (SSSR count). The van der Waals surface area contributed by atoms with Crippen molar-refractivity contribution in [3.8, 4) is 6.07 Å². The SMILES string of the molecule is N#CC1=CCC=C1C1=CC=CC1. The molecule has 0 aromatic carbocycles. The van der Waals surface area contributed by atoms with Gasteiger partial charge in [0.2, 0.25) is 0 Å². The van der Waals surface area contributed by atoms with Crippen LogP contribution in [-0.4, -0.2) is 0 Å². The first-order valence-electron chi connectivity index (χ1n) is 4.08. The van der Waals surface area contributed by atoms with Crippen LogP contribution in [0.2, 0.25) is 0 Å². The van der Waals surface area contributed by atoms with Gasteiger partial charge in [-0.15, -0.1) is 0 Å². The minimum Gasteiger partial charge on any atom is -0.192 e. The lowest BCUT2D eigenvalue weighted by Crippen LogP contribution is -1.86. The van der Waals surface area contributed by atoms with E-state index in [-0.39, 0.29) is 0 Å². The lowest BCUT2D eigenvalue weighted by Gasteiger charge is -2.01. The second-order valence-electron chi connectivity index (χ2n) is 2.91. The third-order valence-corrected chi connectivity index (χ3v) is 2.17. The monoisotopic (exact) mass is 155 g/mol. The molecule has 1 heteroatoms. The van der Waals surface area contributed by atoms with Crippen molar-refractivity contribution in [2.45, 2.75) is 12.8 Å². The molecule has 0 bridgehead atoms. The Bertz CT molecular complexity index is 359. The van der Waals surface area contributed by atoms with Gasteiger partial charge in [0.25, 0.3) is 0 Å². The molecule has 0 aliphatic heterocycles. The number of hydrogen-bond acceptors (Lipinski definition) is 1. The molecule has 12 heavy (non-hydrogen) atoms. The predicted molar refractivity (Wildman–Crippen MR) is 48.2 cm³/mol. The van der Waals surface area contributed by atoms with Crippen LogP contribution in [0.15, 0.2) is 47.1 Å². The fourth-order valence-corrected chi connectivity index (χ4v) is 1.57. The molecule has 0 N–H and O–H groups in total. The fraction of sp³-hybridized carbons (Fsp3) is 0.182. The maximum atomic E-state index is 8.79. The van der Waals surface area contributed by atoms with Crippen LogP contribution < -0.4 is 0 Å². The van der Waals surface area contributed by atoms with Gasteiger partial charge >= 0.3 is 0 Å². The van der Waals surface area contributed by atoms with Gasteiger partial charge in [0.05, 0.1) is 11.6 Å². The van der Waals surface area contributed by atoms with E-state index in [2.05, 4.69) is 24.3 Å². The molecule has 1 nitrogen and oxygen atoms in total. The number of nitriles is 1. The second-order valence-corrected chi connectivity index (χ2v) is 2.91. The molecule has 0 radical (unpaired) electrons. The largest absolute Gasteiger partial charge is 0.192 e. The van der Waals surface area contributed by atoms with Crippen molar-refractivity contribution in [2.75, 3.05) is 0 Å². The molecule has 58 valence electrons. The van der Waals surface area contributed by atoms with E-state index in [1.165, 1.54) is 5.57 Å². The van der Waals surface area contributed by atoms with Crippen LogP contribution in [0.5, 0.6) is 0 Å². The normalized spacial score (nSPS) is 20.1. The van der Waals surface area contributed by atoms with Gasteiger partial charge in [0.1, 0.15) is 0 Å². The first-order valence-corrected chi connectivity index (χ1v) is 4.08. The van der Waals surface area contributed by atoms with E-state index in [4.69, 9.17) is 5.26 Å². The number of hydrogen-bond donors (Lipinski definition) is 0. The van der Waals surface area contributed by atoms with E-state index in [0.29, 0.717) is 0 Å². The van der Waals surface area contributed by atoms with E-state index in [1.807, 2.05) is 12.2 Å². The summed E-state index contributed by atoms with van der Waals surface area (Å²) < 4.78 is 0. The molecule has 0 saturated carbocycles. The van der Waals surface area contributed by atoms with Crippen LogP contribution in [0.25, 0.3) is 0 Å². The Balaban J connectivity index is 2.27. The van der Waals surface area contributed by atoms with Gasteiger partial charge in [0, 0.05) is 0 Å². The zero-order valence-corrected chi connectivity index (χ0v) is 6.75. The summed E-state index contributed by atoms with van der Waals surface area (Å²) in [7, 11) is 0. The highest BCUT2D eigenvalue weighted by atomic mass is 14.3. The van der Waals surface area contributed by atoms with Crippen molar-refractivity contribution < 1.29 is 0 Å². The highest BCUT2D eigenvalue weighted by Gasteiger charge is 2.13. The van der Waals surface area contributed by atoms with Crippen LogP contribution >= 0.6 is 0 Å². The maximum Gasteiger partial charge on any atom is 0.0994 e. The summed E-state index contributed by atoms with van der Waals surface area (Å²) in [6.07, 6.45) is 12.2. The third-order valence-electron chi connectivity index (χ3n) is 2.17. The molecule has 0 spiro atoms. The molecule has 0 unspecified atom stereocenters. The van der Waals surface area contributed by atoms with Crippen LogP contribution in [0.1, 0.15) is 12.8 Å². The first kappa shape index (κ1) is 7.12. The van der Waals surface area contributed by atoms with Gasteiger partial charge in [-0.05, 0) is 24.0 Å². The molecule has 0 saturated heterocycles. The van der Waals surface area contributed by atoms with Gasteiger partial charge in [-0.2, -0.15) is 5.26 Å². The van der Waals surface area contributed by atoms with Gasteiger partial charge in [-0.1, -0.05) is 30.4 Å². The van der Waals surface area contributed by atoms with E-state index < -0.39 is 0 Å². The summed E-state index contributed by atoms with van der Waals surface area (Å²) in [6, 6.07) is 2.22. The first-order chi connectivity index (χ1) is 5.92. The highest BCUT2D eigenvalue weighted by molar-refractivity contribution is 5.58. The minimum absolute atomic E-state index is 0.838. The topological polar surface area (TPSA) is 23.8 Å². The summed E-state index contributed by atoms with van der Waals surface area (Å²) in [6.45, 7) is 0. The fourth-order valence-electron chi connectivity index (χ4n) is 1.57. The molecular weight excluding hydrogens is 146 g/mol. The van der Waals surface area contributed by atoms with Crippen molar-refractivity contribution in [1.82, 2.24) is 0 Å². The molecule has 0 amide bonds. The zero-order valence-electron chi connectivity index (χ0n) is 6.75. The van der Waals surface area contributed by atoms with E-state index in [0.717, 1.165) is 24.0 Å². The van der Waals surface area contributed by atoms with Gasteiger partial charge < -0.3 is 0 Å². The highest BCUT2D eigenvalue weighted by Crippen LogP contribution is 2.29. The Morgan fingerprint density at radius 3 is 2.92 bits per heavy atom. The summed E-state index contributed by atoms with van der Waals surface area (Å²) in [4.78, 5) is 0. The van der Waals surface area contributed by atoms with Crippen molar-refractivity contribution in [3.05, 3.63) is 47.1 Å². The van der Waals surface area contributed by atoms with Gasteiger partial charge in [-0.25, -0.2) is 0 Å². The van der Waals surface area contributed by atoms with Crippen LogP contribution in [0.4, 0.5) is 0 Å². The van der Waals surface area contributed by atoms with E-state index in [1.54, 1.807) is 0 Å². The Morgan fingerprint density at radius 2 is 2.25 bits per heavy atom. The summed E-state index contributed by atoms with van der Waals surface area (Å²) in [5.74, 6) is 0. The van der Waals surface area contributed by atoms with Crippen LogP contribution in [0.3, 0.4) is 0 Å². The quantitative estimate of drug-likeness (QED) is 0.571. The van der Waals surface area contributed by atoms with Gasteiger partial charge in [0.15, 0.2) is 0 Å². The van der Waals surface area contributed by atoms with Crippen LogP contribution in [-0.2, 0) is 0 Å². The lowest BCUT2D eigenvalue weighted by atomic mass is 10.0. The average molecular weight is 155 g/mol. The summed E-state index contributed by atoms with van der Waals surface area (Å²) in [5, 5.41) is 8.79. The van der Waals surface area contributed by atoms with E-state index >= 15 is 0 Å². The smallest absolute Gasteiger partial charge is 0.0994 e. The number of nitrogens with zero attached hydrogens (tertiary/aromatic N) is 1. The van der Waals surface area contributed by atoms with Crippen molar-refractivity contribution in [1.29, 1.82) is 5.26 Å². The van der Waals surface area contributed by atoms with Crippen molar-refractivity contribution in [2.24, 2.45) is 0 Å². The Kier molecular flexibility index (Phi) is 1.68. The molecule has 0 atom stereocenters. The summed E-state index contributed by atoms with van der Waals surface area (Å²) >= 11 is 0. The van der Waals surface area contributed by atoms with Crippen molar-refractivity contribution >= 4 is 0 Å². The number of rotatable bonds is 1. The second kappa shape index (κ2) is 2.83. The van der Waals surface area contributed by atoms with E-state index in [9.17, 15) is 0 Å². The van der Waals surface area contributed by atoms with Gasteiger partial charge in [-0.3, -0.25) is 0 Å². The number of allylic oxidation sites excluding steroid dienone is 8. The lowest BCUT2D eigenvalue weighted by molar-refractivity contribution is 1.27. The molecule has 0 aromatic rings. The molecule has 0 heterocycles. The van der Waals surface area contributed by atoms with Crippen LogP contribution in [0, 0.1) is 11.3 Å². The zero-order chi connectivity index (χ0) is 8.39. The third kappa shape index (κ3) is 1.02. The summed E-state index contributed by atoms with van der Waals surface area (Å²) in [5.41, 5.74) is 3.26.